The van der Waals surface area contributed by atoms with Gasteiger partial charge in [0.1, 0.15) is 6.04 Å². The maximum absolute atomic E-state index is 11.3. The van der Waals surface area contributed by atoms with Crippen LogP contribution >= 0.6 is 0 Å². The van der Waals surface area contributed by atoms with Gasteiger partial charge in [-0.15, -0.1) is 0 Å². The van der Waals surface area contributed by atoms with Crippen LogP contribution in [0.1, 0.15) is 20.3 Å². The van der Waals surface area contributed by atoms with Crippen LogP contribution in [0.15, 0.2) is 0 Å². The Morgan fingerprint density at radius 2 is 2.23 bits per heavy atom. The molecule has 0 aromatic heterocycles. The Hall–Kier alpha value is -0.610. The first-order chi connectivity index (χ1) is 6.27. The zero-order valence-electron chi connectivity index (χ0n) is 8.21. The third kappa shape index (κ3) is 2.97. The molecular formula is C9H17NO3. The molecule has 0 amide bonds. The number of ether oxygens (including phenoxy) is 2. The smallest absolute Gasteiger partial charge is 0.323 e. The standard InChI is InChI=1S/C9H17NO3/c1-3-12-7-5-8(10-6-7)9(11)13-4-2/h7-8,10H,3-6H2,1-2H3/t7-,8+/m1/s1. The van der Waals surface area contributed by atoms with Crippen LogP contribution in [0.25, 0.3) is 0 Å². The predicted octanol–water partition coefficient (Wildman–Crippen LogP) is 0.317. The molecule has 13 heavy (non-hydrogen) atoms. The van der Waals surface area contributed by atoms with Crippen LogP contribution in [-0.4, -0.2) is 37.9 Å². The molecule has 1 fully saturated rings. The van der Waals surface area contributed by atoms with Crippen molar-refractivity contribution in [2.75, 3.05) is 19.8 Å². The van der Waals surface area contributed by atoms with Gasteiger partial charge >= 0.3 is 5.97 Å². The molecule has 0 radical (unpaired) electrons. The van der Waals surface area contributed by atoms with E-state index in [0.29, 0.717) is 13.2 Å². The Morgan fingerprint density at radius 1 is 1.46 bits per heavy atom. The van der Waals surface area contributed by atoms with E-state index in [4.69, 9.17) is 9.47 Å². The lowest BCUT2D eigenvalue weighted by molar-refractivity contribution is -0.145. The number of hydrogen-bond acceptors (Lipinski definition) is 4. The lowest BCUT2D eigenvalue weighted by Crippen LogP contribution is -2.32. The van der Waals surface area contributed by atoms with Crippen molar-refractivity contribution < 1.29 is 14.3 Å². The van der Waals surface area contributed by atoms with Crippen molar-refractivity contribution in [1.29, 1.82) is 0 Å². The monoisotopic (exact) mass is 187 g/mol. The van der Waals surface area contributed by atoms with Gasteiger partial charge in [-0.2, -0.15) is 0 Å². The van der Waals surface area contributed by atoms with Crippen LogP contribution in [0, 0.1) is 0 Å². The van der Waals surface area contributed by atoms with E-state index >= 15 is 0 Å². The van der Waals surface area contributed by atoms with Crippen molar-refractivity contribution in [3.63, 3.8) is 0 Å². The van der Waals surface area contributed by atoms with Crippen LogP contribution in [0.2, 0.25) is 0 Å². The molecule has 0 aromatic carbocycles. The van der Waals surface area contributed by atoms with Crippen molar-refractivity contribution in [1.82, 2.24) is 5.32 Å². The number of esters is 1. The molecule has 2 atom stereocenters. The van der Waals surface area contributed by atoms with Gasteiger partial charge in [0.05, 0.1) is 12.7 Å². The lowest BCUT2D eigenvalue weighted by atomic mass is 10.2. The first kappa shape index (κ1) is 10.5. The fourth-order valence-corrected chi connectivity index (χ4v) is 1.49. The van der Waals surface area contributed by atoms with E-state index in [2.05, 4.69) is 5.32 Å². The summed E-state index contributed by atoms with van der Waals surface area (Å²) in [7, 11) is 0. The molecule has 0 aromatic rings. The van der Waals surface area contributed by atoms with Crippen molar-refractivity contribution in [2.45, 2.75) is 32.4 Å². The van der Waals surface area contributed by atoms with E-state index < -0.39 is 0 Å². The van der Waals surface area contributed by atoms with Crippen LogP contribution in [0.4, 0.5) is 0 Å². The van der Waals surface area contributed by atoms with E-state index in [1.807, 2.05) is 13.8 Å². The molecule has 76 valence electrons. The fourth-order valence-electron chi connectivity index (χ4n) is 1.49. The maximum Gasteiger partial charge on any atom is 0.323 e. The number of nitrogens with one attached hydrogen (secondary N) is 1. The third-order valence-electron chi connectivity index (χ3n) is 2.06. The highest BCUT2D eigenvalue weighted by molar-refractivity contribution is 5.76. The van der Waals surface area contributed by atoms with E-state index in [-0.39, 0.29) is 18.1 Å². The van der Waals surface area contributed by atoms with Crippen LogP contribution in [0.5, 0.6) is 0 Å². The summed E-state index contributed by atoms with van der Waals surface area (Å²) in [4.78, 5) is 11.3. The number of carbonyl (C=O) groups excluding carboxylic acids is 1. The largest absolute Gasteiger partial charge is 0.465 e. The van der Waals surface area contributed by atoms with E-state index in [1.165, 1.54) is 0 Å². The second kappa shape index (κ2) is 5.19. The molecule has 1 N–H and O–H groups in total. The first-order valence-corrected chi connectivity index (χ1v) is 4.79. The third-order valence-corrected chi connectivity index (χ3v) is 2.06. The summed E-state index contributed by atoms with van der Waals surface area (Å²) >= 11 is 0. The Balaban J connectivity index is 2.27. The molecule has 0 saturated carbocycles. The summed E-state index contributed by atoms with van der Waals surface area (Å²) in [6.45, 7) is 5.65. The highest BCUT2D eigenvalue weighted by Crippen LogP contribution is 2.11. The van der Waals surface area contributed by atoms with Gasteiger partial charge in [0.15, 0.2) is 0 Å². The maximum atomic E-state index is 11.3. The molecule has 0 unspecified atom stereocenters. The molecule has 4 heteroatoms. The van der Waals surface area contributed by atoms with Gasteiger partial charge in [0, 0.05) is 19.6 Å². The minimum Gasteiger partial charge on any atom is -0.465 e. The van der Waals surface area contributed by atoms with E-state index in [1.54, 1.807) is 0 Å². The van der Waals surface area contributed by atoms with E-state index in [9.17, 15) is 4.79 Å². The van der Waals surface area contributed by atoms with E-state index in [0.717, 1.165) is 13.0 Å². The van der Waals surface area contributed by atoms with Gasteiger partial charge in [-0.25, -0.2) is 0 Å². The quantitative estimate of drug-likeness (QED) is 0.644. The molecule has 0 spiro atoms. The molecule has 1 aliphatic rings. The van der Waals surface area contributed by atoms with Gasteiger partial charge in [0.25, 0.3) is 0 Å². The van der Waals surface area contributed by atoms with Crippen LogP contribution < -0.4 is 5.32 Å². The summed E-state index contributed by atoms with van der Waals surface area (Å²) < 4.78 is 10.3. The predicted molar refractivity (Wildman–Crippen MR) is 48.5 cm³/mol. The summed E-state index contributed by atoms with van der Waals surface area (Å²) in [5.41, 5.74) is 0. The van der Waals surface area contributed by atoms with Crippen LogP contribution in [-0.2, 0) is 14.3 Å². The minimum absolute atomic E-state index is 0.162. The molecule has 1 saturated heterocycles. The van der Waals surface area contributed by atoms with Gasteiger partial charge in [0.2, 0.25) is 0 Å². The normalized spacial score (nSPS) is 27.5. The lowest BCUT2D eigenvalue weighted by Gasteiger charge is -2.09. The number of carbonyl (C=O) groups is 1. The fraction of sp³-hybridized carbons (Fsp3) is 0.889. The molecule has 1 rings (SSSR count). The summed E-state index contributed by atoms with van der Waals surface area (Å²) in [6, 6.07) is -0.170. The zero-order chi connectivity index (χ0) is 9.68. The summed E-state index contributed by atoms with van der Waals surface area (Å²) in [5, 5.41) is 3.08. The number of rotatable bonds is 4. The molecule has 1 aliphatic heterocycles. The summed E-state index contributed by atoms with van der Waals surface area (Å²) in [6.07, 6.45) is 0.895. The van der Waals surface area contributed by atoms with Gasteiger partial charge in [-0.05, 0) is 13.8 Å². The Morgan fingerprint density at radius 3 is 2.85 bits per heavy atom. The number of hydrogen-bond donors (Lipinski definition) is 1. The Labute approximate surface area is 78.6 Å². The van der Waals surface area contributed by atoms with Crippen molar-refractivity contribution >= 4 is 5.97 Å². The van der Waals surface area contributed by atoms with Gasteiger partial charge in [-0.1, -0.05) is 0 Å². The SMILES string of the molecule is CCOC(=O)[C@@H]1C[C@@H](OCC)CN1. The molecule has 1 heterocycles. The molecule has 0 aliphatic carbocycles. The van der Waals surface area contributed by atoms with Crippen molar-refractivity contribution in [3.05, 3.63) is 0 Å². The average Bonchev–Trinajstić information content (AvgIpc) is 2.54. The molecule has 4 nitrogen and oxygen atoms in total. The zero-order valence-corrected chi connectivity index (χ0v) is 8.21. The first-order valence-electron chi connectivity index (χ1n) is 4.79. The van der Waals surface area contributed by atoms with Crippen molar-refractivity contribution in [3.8, 4) is 0 Å². The van der Waals surface area contributed by atoms with Crippen LogP contribution in [0.3, 0.4) is 0 Å². The van der Waals surface area contributed by atoms with Gasteiger partial charge in [-0.3, -0.25) is 4.79 Å². The average molecular weight is 187 g/mol. The minimum atomic E-state index is -0.170. The Bertz CT molecular complexity index is 172. The second-order valence-corrected chi connectivity index (χ2v) is 3.03. The van der Waals surface area contributed by atoms with Crippen molar-refractivity contribution in [2.24, 2.45) is 0 Å². The highest BCUT2D eigenvalue weighted by atomic mass is 16.5. The highest BCUT2D eigenvalue weighted by Gasteiger charge is 2.30. The topological polar surface area (TPSA) is 47.6 Å². The molecule has 0 bridgehead atoms. The van der Waals surface area contributed by atoms with Gasteiger partial charge < -0.3 is 14.8 Å². The molecular weight excluding hydrogens is 170 g/mol. The Kier molecular flexibility index (Phi) is 4.18. The second-order valence-electron chi connectivity index (χ2n) is 3.03. The summed E-state index contributed by atoms with van der Waals surface area (Å²) in [5.74, 6) is -0.162.